The summed E-state index contributed by atoms with van der Waals surface area (Å²) in [6.45, 7) is 11.8. The molecular weight excluding hydrogens is 272 g/mol. The molecule has 0 saturated carbocycles. The second kappa shape index (κ2) is 9.90. The van der Waals surface area contributed by atoms with E-state index in [1.807, 2.05) is 0 Å². The van der Waals surface area contributed by atoms with Gasteiger partial charge in [0.05, 0.1) is 19.3 Å². The Hall–Kier alpha value is 0.0569. The van der Waals surface area contributed by atoms with Crippen molar-refractivity contribution >= 4 is 8.56 Å². The fraction of sp³-hybridized carbons (Fsp3) is 1.00. The predicted octanol–water partition coefficient (Wildman–Crippen LogP) is 3.50. The summed E-state index contributed by atoms with van der Waals surface area (Å²) in [6.07, 6.45) is 5.02. The van der Waals surface area contributed by atoms with E-state index in [4.69, 9.17) is 18.3 Å². The Morgan fingerprint density at radius 3 is 2.15 bits per heavy atom. The molecule has 0 radical (unpaired) electrons. The van der Waals surface area contributed by atoms with Gasteiger partial charge in [0.15, 0.2) is 0 Å². The Labute approximate surface area is 125 Å². The van der Waals surface area contributed by atoms with Gasteiger partial charge in [-0.05, 0) is 26.3 Å². The first kappa shape index (κ1) is 18.1. The topological polar surface area (TPSA) is 40.2 Å². The van der Waals surface area contributed by atoms with Crippen LogP contribution < -0.4 is 0 Å². The Balaban J connectivity index is 2.32. The van der Waals surface area contributed by atoms with Crippen LogP contribution in [0.5, 0.6) is 0 Å². The highest BCUT2D eigenvalue weighted by atomic mass is 28.4. The van der Waals surface area contributed by atoms with Crippen LogP contribution in [0.15, 0.2) is 0 Å². The van der Waals surface area contributed by atoms with Crippen molar-refractivity contribution in [1.82, 2.24) is 0 Å². The highest BCUT2D eigenvalue weighted by molar-refractivity contribution is 6.66. The van der Waals surface area contributed by atoms with Crippen molar-refractivity contribution in [3.8, 4) is 0 Å². The van der Waals surface area contributed by atoms with Crippen molar-refractivity contribution in [2.75, 3.05) is 26.4 Å². The van der Waals surface area contributed by atoms with Gasteiger partial charge in [-0.3, -0.25) is 0 Å². The van der Waals surface area contributed by atoms with Gasteiger partial charge in [0, 0.05) is 19.3 Å². The summed E-state index contributed by atoms with van der Waals surface area (Å²) in [7, 11) is -2.10. The molecule has 20 heavy (non-hydrogen) atoms. The number of rotatable bonds is 13. The largest absolute Gasteiger partial charge is 0.394 e. The lowest BCUT2D eigenvalue weighted by atomic mass is 10.4. The molecule has 0 aromatic carbocycles. The summed E-state index contributed by atoms with van der Waals surface area (Å²) in [5.74, 6) is 0. The molecule has 1 heterocycles. The molecule has 120 valence electrons. The predicted molar refractivity (Wildman–Crippen MR) is 83.3 cm³/mol. The molecular formula is C15H32O4Si. The van der Waals surface area contributed by atoms with Crippen molar-refractivity contribution < 1.29 is 18.3 Å². The first-order chi connectivity index (χ1) is 9.59. The molecule has 0 spiro atoms. The monoisotopic (exact) mass is 304 g/mol. The summed E-state index contributed by atoms with van der Waals surface area (Å²) in [6, 6.07) is 0.896. The molecule has 0 amide bonds. The zero-order valence-electron chi connectivity index (χ0n) is 13.7. The third-order valence-corrected chi connectivity index (χ3v) is 6.38. The van der Waals surface area contributed by atoms with Gasteiger partial charge in [-0.25, -0.2) is 0 Å². The Kier molecular flexibility index (Phi) is 8.96. The van der Waals surface area contributed by atoms with Crippen molar-refractivity contribution in [3.05, 3.63) is 0 Å². The van der Waals surface area contributed by atoms with E-state index in [0.29, 0.717) is 12.7 Å². The van der Waals surface area contributed by atoms with Gasteiger partial charge in [-0.1, -0.05) is 26.7 Å². The molecule has 1 aliphatic heterocycles. The van der Waals surface area contributed by atoms with Gasteiger partial charge in [0.25, 0.3) is 0 Å². The van der Waals surface area contributed by atoms with Crippen molar-refractivity contribution in [2.45, 2.75) is 71.3 Å². The van der Waals surface area contributed by atoms with E-state index in [2.05, 4.69) is 27.3 Å². The zero-order chi connectivity index (χ0) is 14.8. The third kappa shape index (κ3) is 8.37. The fourth-order valence-electron chi connectivity index (χ4n) is 2.04. The maximum absolute atomic E-state index is 6.12. The van der Waals surface area contributed by atoms with E-state index in [1.54, 1.807) is 0 Å². The molecule has 0 N–H and O–H groups in total. The van der Waals surface area contributed by atoms with Crippen molar-refractivity contribution in [3.63, 3.8) is 0 Å². The lowest BCUT2D eigenvalue weighted by Crippen LogP contribution is -2.42. The molecule has 1 fully saturated rings. The second-order valence-corrected chi connectivity index (χ2v) is 9.09. The van der Waals surface area contributed by atoms with E-state index >= 15 is 0 Å². The number of unbranched alkanes of at least 4 members (excludes halogenated alkanes) is 2. The van der Waals surface area contributed by atoms with E-state index in [0.717, 1.165) is 51.5 Å². The molecule has 4 nitrogen and oxygen atoms in total. The van der Waals surface area contributed by atoms with E-state index in [1.165, 1.54) is 0 Å². The number of ether oxygens (including phenoxy) is 2. The summed E-state index contributed by atoms with van der Waals surface area (Å²) in [5.41, 5.74) is 0. The molecule has 2 atom stereocenters. The molecule has 1 rings (SSSR count). The number of hydrogen-bond donors (Lipinski definition) is 0. The van der Waals surface area contributed by atoms with Crippen LogP contribution in [0, 0.1) is 0 Å². The standard InChI is InChI=1S/C15H32O4Si/c1-5-7-9-18-20(4,19-10-8-6-2)13-14(3)16-11-15-12-17-15/h14-15H,5-13H2,1-4H3. The van der Waals surface area contributed by atoms with Gasteiger partial charge < -0.3 is 18.3 Å². The van der Waals surface area contributed by atoms with Crippen molar-refractivity contribution in [2.24, 2.45) is 0 Å². The summed E-state index contributed by atoms with van der Waals surface area (Å²) in [4.78, 5) is 0. The summed E-state index contributed by atoms with van der Waals surface area (Å²) >= 11 is 0. The third-order valence-electron chi connectivity index (χ3n) is 3.44. The van der Waals surface area contributed by atoms with Crippen LogP contribution in [0.25, 0.3) is 0 Å². The van der Waals surface area contributed by atoms with Crippen LogP contribution in [0.4, 0.5) is 0 Å². The molecule has 0 aromatic rings. The lowest BCUT2D eigenvalue weighted by molar-refractivity contribution is 0.0547. The van der Waals surface area contributed by atoms with Crippen molar-refractivity contribution in [1.29, 1.82) is 0 Å². The van der Waals surface area contributed by atoms with Gasteiger partial charge in [0.2, 0.25) is 0 Å². The highest BCUT2D eigenvalue weighted by Gasteiger charge is 2.34. The van der Waals surface area contributed by atoms with Gasteiger partial charge >= 0.3 is 8.56 Å². The van der Waals surface area contributed by atoms with E-state index < -0.39 is 8.56 Å². The minimum absolute atomic E-state index is 0.180. The maximum Gasteiger partial charge on any atom is 0.337 e. The Bertz CT molecular complexity index is 236. The SMILES string of the molecule is CCCCO[Si](C)(CC(C)OCC1CO1)OCCCC. The Morgan fingerprint density at radius 2 is 1.70 bits per heavy atom. The van der Waals surface area contributed by atoms with E-state index in [-0.39, 0.29) is 6.10 Å². The van der Waals surface area contributed by atoms with Gasteiger partial charge in [0.1, 0.15) is 6.10 Å². The van der Waals surface area contributed by atoms with Crippen LogP contribution in [-0.4, -0.2) is 47.2 Å². The quantitative estimate of drug-likeness (QED) is 0.297. The maximum atomic E-state index is 6.12. The summed E-state index contributed by atoms with van der Waals surface area (Å²) < 4.78 is 23.2. The first-order valence-electron chi connectivity index (χ1n) is 8.10. The van der Waals surface area contributed by atoms with Crippen LogP contribution >= 0.6 is 0 Å². The molecule has 1 saturated heterocycles. The fourth-order valence-corrected chi connectivity index (χ4v) is 4.67. The van der Waals surface area contributed by atoms with Gasteiger partial charge in [-0.2, -0.15) is 0 Å². The molecule has 0 aromatic heterocycles. The van der Waals surface area contributed by atoms with Gasteiger partial charge in [-0.15, -0.1) is 0 Å². The smallest absolute Gasteiger partial charge is 0.337 e. The van der Waals surface area contributed by atoms with Crippen LogP contribution in [0.1, 0.15) is 46.5 Å². The zero-order valence-corrected chi connectivity index (χ0v) is 14.7. The van der Waals surface area contributed by atoms with E-state index in [9.17, 15) is 0 Å². The first-order valence-corrected chi connectivity index (χ1v) is 10.6. The van der Waals surface area contributed by atoms with Crippen LogP contribution in [0.2, 0.25) is 12.6 Å². The number of hydrogen-bond acceptors (Lipinski definition) is 4. The second-order valence-electron chi connectivity index (χ2n) is 5.84. The highest BCUT2D eigenvalue weighted by Crippen LogP contribution is 2.20. The van der Waals surface area contributed by atoms with Crippen LogP contribution in [0.3, 0.4) is 0 Å². The molecule has 1 aliphatic rings. The average molecular weight is 305 g/mol. The molecule has 0 aliphatic carbocycles. The molecule has 0 bridgehead atoms. The van der Waals surface area contributed by atoms with Crippen LogP contribution in [-0.2, 0) is 18.3 Å². The summed E-state index contributed by atoms with van der Waals surface area (Å²) in [5, 5.41) is 0. The lowest BCUT2D eigenvalue weighted by Gasteiger charge is -2.29. The normalized spacial score (nSPS) is 20.1. The average Bonchev–Trinajstić information content (AvgIpc) is 3.21. The minimum atomic E-state index is -2.10. The molecule has 5 heteroatoms. The number of epoxide rings is 1. The molecule has 2 unspecified atom stereocenters. The minimum Gasteiger partial charge on any atom is -0.394 e. The Morgan fingerprint density at radius 1 is 1.15 bits per heavy atom.